The summed E-state index contributed by atoms with van der Waals surface area (Å²) in [5.74, 6) is 1.88. The van der Waals surface area contributed by atoms with Crippen LogP contribution in [0.1, 0.15) is 13.8 Å². The number of methoxy groups -OCH3 is 1. The molecule has 0 saturated carbocycles. The topological polar surface area (TPSA) is 60.0 Å². The molecule has 1 saturated heterocycles. The van der Waals surface area contributed by atoms with Gasteiger partial charge in [-0.1, -0.05) is 0 Å². The lowest BCUT2D eigenvalue weighted by Gasteiger charge is -2.17. The van der Waals surface area contributed by atoms with E-state index in [0.29, 0.717) is 26.4 Å². The molecule has 0 aliphatic carbocycles. The molecule has 0 spiro atoms. The van der Waals surface area contributed by atoms with Crippen molar-refractivity contribution in [1.29, 1.82) is 0 Å². The van der Waals surface area contributed by atoms with Gasteiger partial charge in [-0.3, -0.25) is 0 Å². The maximum absolute atomic E-state index is 11.7. The van der Waals surface area contributed by atoms with E-state index in [-0.39, 0.29) is 11.6 Å². The van der Waals surface area contributed by atoms with Crippen LogP contribution in [-0.4, -0.2) is 81.2 Å². The molecule has 0 unspecified atom stereocenters. The Kier molecular flexibility index (Phi) is 9.07. The van der Waals surface area contributed by atoms with Crippen molar-refractivity contribution in [2.24, 2.45) is 0 Å². The van der Waals surface area contributed by atoms with Gasteiger partial charge in [0.1, 0.15) is 0 Å². The van der Waals surface area contributed by atoms with Crippen LogP contribution < -0.4 is 5.32 Å². The van der Waals surface area contributed by atoms with Gasteiger partial charge in [0.05, 0.1) is 38.6 Å². The Morgan fingerprint density at radius 1 is 1.14 bits per heavy atom. The number of hydrogen-bond acceptors (Lipinski definition) is 5. The molecule has 1 aliphatic rings. The van der Waals surface area contributed by atoms with Crippen LogP contribution in [0.25, 0.3) is 0 Å². The van der Waals surface area contributed by atoms with Gasteiger partial charge in [0.15, 0.2) is 0 Å². The van der Waals surface area contributed by atoms with Gasteiger partial charge in [0.2, 0.25) is 0 Å². The van der Waals surface area contributed by atoms with Crippen molar-refractivity contribution >= 4 is 17.8 Å². The van der Waals surface area contributed by atoms with Gasteiger partial charge in [-0.05, 0) is 13.8 Å². The number of nitrogens with zero attached hydrogens (tertiary/aromatic N) is 1. The largest absolute Gasteiger partial charge is 0.382 e. The fraction of sp³-hybridized carbons (Fsp3) is 0.929. The third-order valence-corrected chi connectivity index (χ3v) is 3.93. The number of ether oxygens (including phenoxy) is 3. The van der Waals surface area contributed by atoms with E-state index in [9.17, 15) is 4.79 Å². The summed E-state index contributed by atoms with van der Waals surface area (Å²) in [6, 6.07) is 0.0463. The molecule has 0 atom stereocenters. The zero-order valence-electron chi connectivity index (χ0n) is 13.4. The average molecular weight is 320 g/mol. The molecular formula is C14H28N2O4S. The lowest BCUT2D eigenvalue weighted by molar-refractivity contribution is 0.0286. The number of amides is 2. The lowest BCUT2D eigenvalue weighted by Crippen LogP contribution is -2.36. The summed E-state index contributed by atoms with van der Waals surface area (Å²) >= 11 is 1.81. The first-order chi connectivity index (χ1) is 10.0. The SMILES string of the molecule is COCCOCCOCCSCCN1CC(C)(C)NC1=O. The second-order valence-corrected chi connectivity index (χ2v) is 6.79. The molecule has 2 amide bonds. The van der Waals surface area contributed by atoms with Crippen LogP contribution in [0.2, 0.25) is 0 Å². The molecule has 0 aromatic carbocycles. The molecule has 0 radical (unpaired) electrons. The maximum Gasteiger partial charge on any atom is 0.317 e. The molecule has 7 heteroatoms. The second-order valence-electron chi connectivity index (χ2n) is 5.57. The highest BCUT2D eigenvalue weighted by Crippen LogP contribution is 2.14. The van der Waals surface area contributed by atoms with E-state index >= 15 is 0 Å². The van der Waals surface area contributed by atoms with Crippen LogP contribution in [0.4, 0.5) is 4.79 Å². The second kappa shape index (κ2) is 10.3. The Morgan fingerprint density at radius 3 is 2.43 bits per heavy atom. The van der Waals surface area contributed by atoms with E-state index in [1.807, 2.05) is 18.7 Å². The summed E-state index contributed by atoms with van der Waals surface area (Å²) in [6.07, 6.45) is 0. The first-order valence-electron chi connectivity index (χ1n) is 7.34. The minimum Gasteiger partial charge on any atom is -0.382 e. The third kappa shape index (κ3) is 8.50. The van der Waals surface area contributed by atoms with E-state index in [4.69, 9.17) is 14.2 Å². The maximum atomic E-state index is 11.7. The quantitative estimate of drug-likeness (QED) is 0.548. The molecule has 1 aliphatic heterocycles. The van der Waals surface area contributed by atoms with Crippen molar-refractivity contribution in [3.63, 3.8) is 0 Å². The fourth-order valence-electron chi connectivity index (χ4n) is 2.00. The predicted molar refractivity (Wildman–Crippen MR) is 85.0 cm³/mol. The minimum absolute atomic E-state index is 0.0463. The van der Waals surface area contributed by atoms with E-state index < -0.39 is 0 Å². The van der Waals surface area contributed by atoms with Gasteiger partial charge in [-0.2, -0.15) is 11.8 Å². The summed E-state index contributed by atoms with van der Waals surface area (Å²) in [4.78, 5) is 13.5. The molecular weight excluding hydrogens is 292 g/mol. The van der Waals surface area contributed by atoms with Crippen LogP contribution in [-0.2, 0) is 14.2 Å². The summed E-state index contributed by atoms with van der Waals surface area (Å²) in [6.45, 7) is 8.84. The van der Waals surface area contributed by atoms with Gasteiger partial charge >= 0.3 is 6.03 Å². The van der Waals surface area contributed by atoms with Crippen LogP contribution in [0.15, 0.2) is 0 Å². The van der Waals surface area contributed by atoms with Crippen molar-refractivity contribution < 1.29 is 19.0 Å². The fourth-order valence-corrected chi connectivity index (χ4v) is 2.79. The first-order valence-corrected chi connectivity index (χ1v) is 8.50. The van der Waals surface area contributed by atoms with Gasteiger partial charge in [-0.25, -0.2) is 4.79 Å². The van der Waals surface area contributed by atoms with Crippen molar-refractivity contribution in [3.8, 4) is 0 Å². The summed E-state index contributed by atoms with van der Waals surface area (Å²) in [7, 11) is 1.66. The molecule has 6 nitrogen and oxygen atoms in total. The van der Waals surface area contributed by atoms with Crippen LogP contribution in [0.5, 0.6) is 0 Å². The lowest BCUT2D eigenvalue weighted by atomic mass is 10.1. The van der Waals surface area contributed by atoms with Gasteiger partial charge in [0, 0.05) is 31.7 Å². The molecule has 1 rings (SSSR count). The zero-order valence-corrected chi connectivity index (χ0v) is 14.2. The number of carbonyl (C=O) groups excluding carboxylic acids is 1. The summed E-state index contributed by atoms with van der Waals surface area (Å²) in [5.41, 5.74) is -0.103. The smallest absolute Gasteiger partial charge is 0.317 e. The molecule has 1 heterocycles. The van der Waals surface area contributed by atoms with Gasteiger partial charge in [0.25, 0.3) is 0 Å². The van der Waals surface area contributed by atoms with E-state index in [1.165, 1.54) is 0 Å². The van der Waals surface area contributed by atoms with Crippen molar-refractivity contribution in [2.75, 3.05) is 64.7 Å². The highest BCUT2D eigenvalue weighted by Gasteiger charge is 2.33. The molecule has 1 N–H and O–H groups in total. The molecule has 0 bridgehead atoms. The summed E-state index contributed by atoms with van der Waals surface area (Å²) in [5, 5.41) is 2.96. The first kappa shape index (κ1) is 18.5. The number of carbonyl (C=O) groups is 1. The minimum atomic E-state index is -0.103. The van der Waals surface area contributed by atoms with Crippen LogP contribution in [0, 0.1) is 0 Å². The third-order valence-electron chi connectivity index (χ3n) is 3.00. The van der Waals surface area contributed by atoms with Gasteiger partial charge < -0.3 is 24.4 Å². The number of urea groups is 1. The molecule has 0 aromatic heterocycles. The Labute approximate surface area is 131 Å². The molecule has 1 fully saturated rings. The molecule has 0 aromatic rings. The zero-order chi connectivity index (χ0) is 15.6. The summed E-state index contributed by atoms with van der Waals surface area (Å²) < 4.78 is 15.6. The van der Waals surface area contributed by atoms with Crippen molar-refractivity contribution in [2.45, 2.75) is 19.4 Å². The predicted octanol–water partition coefficient (Wildman–Crippen LogP) is 1.20. The van der Waals surface area contributed by atoms with Gasteiger partial charge in [-0.15, -0.1) is 0 Å². The van der Waals surface area contributed by atoms with Crippen LogP contribution >= 0.6 is 11.8 Å². The number of thioether (sulfide) groups is 1. The van der Waals surface area contributed by atoms with E-state index in [0.717, 1.165) is 31.2 Å². The molecule has 124 valence electrons. The monoisotopic (exact) mass is 320 g/mol. The van der Waals surface area contributed by atoms with E-state index in [1.54, 1.807) is 18.9 Å². The number of hydrogen-bond donors (Lipinski definition) is 1. The van der Waals surface area contributed by atoms with E-state index in [2.05, 4.69) is 5.32 Å². The standard InChI is InChI=1S/C14H28N2O4S/c1-14(2)12-16(13(17)15-14)4-10-21-11-9-20-8-7-19-6-5-18-3/h4-12H2,1-3H3,(H,15,17). The molecule has 21 heavy (non-hydrogen) atoms. The highest BCUT2D eigenvalue weighted by atomic mass is 32.2. The average Bonchev–Trinajstić information content (AvgIpc) is 2.69. The Morgan fingerprint density at radius 2 is 1.81 bits per heavy atom. The Hall–Kier alpha value is -0.500. The Bertz CT molecular complexity index is 303. The number of nitrogens with one attached hydrogen (secondary N) is 1. The normalized spacial score (nSPS) is 17.3. The highest BCUT2D eigenvalue weighted by molar-refractivity contribution is 7.99. The van der Waals surface area contributed by atoms with Crippen LogP contribution in [0.3, 0.4) is 0 Å². The van der Waals surface area contributed by atoms with Crippen molar-refractivity contribution in [1.82, 2.24) is 10.2 Å². The number of rotatable bonds is 12. The van der Waals surface area contributed by atoms with Crippen molar-refractivity contribution in [3.05, 3.63) is 0 Å². The Balaban J connectivity index is 1.86.